The summed E-state index contributed by atoms with van der Waals surface area (Å²) in [5.74, 6) is -0.0571. The monoisotopic (exact) mass is 325 g/mol. The number of phenolic OH excluding ortho intramolecular Hbond substituents is 2. The Morgan fingerprint density at radius 3 is 2.21 bits per heavy atom. The molecule has 7 heteroatoms. The fourth-order valence-electron chi connectivity index (χ4n) is 2.39. The van der Waals surface area contributed by atoms with Crippen LogP contribution in [0.3, 0.4) is 0 Å². The molecule has 2 aromatic carbocycles. The van der Waals surface area contributed by atoms with Crippen molar-refractivity contribution in [2.75, 3.05) is 17.2 Å². The van der Waals surface area contributed by atoms with Crippen LogP contribution in [0.2, 0.25) is 0 Å². The molecule has 0 aliphatic heterocycles. The lowest BCUT2D eigenvalue weighted by atomic mass is 10.1. The molecule has 0 radical (unpaired) electrons. The second-order valence-electron chi connectivity index (χ2n) is 5.30. The molecule has 0 aliphatic rings. The van der Waals surface area contributed by atoms with Gasteiger partial charge in [0.1, 0.15) is 22.9 Å². The van der Waals surface area contributed by atoms with Gasteiger partial charge in [-0.1, -0.05) is 0 Å². The molecule has 122 valence electrons. The zero-order valence-electron chi connectivity index (χ0n) is 12.6. The Kier molecular flexibility index (Phi) is 4.15. The summed E-state index contributed by atoms with van der Waals surface area (Å²) < 4.78 is 0. The molecule has 1 heterocycles. The van der Waals surface area contributed by atoms with Crippen LogP contribution in [-0.4, -0.2) is 21.7 Å². The number of benzene rings is 1. The number of aromatic hydroxyl groups is 2. The van der Waals surface area contributed by atoms with Gasteiger partial charge in [0.2, 0.25) is 0 Å². The Morgan fingerprint density at radius 2 is 1.54 bits per heavy atom. The highest BCUT2D eigenvalue weighted by Crippen LogP contribution is 2.22. The average Bonchev–Trinajstić information content (AvgIpc) is 2.57. The van der Waals surface area contributed by atoms with E-state index < -0.39 is 10.9 Å². The summed E-state index contributed by atoms with van der Waals surface area (Å²) in [6, 6.07) is 7.68. The van der Waals surface area contributed by atoms with E-state index in [9.17, 15) is 19.8 Å². The standard InChI is InChI=1S/C17H15N3O4/c21-12-7-10(8-13(22)9-12)1-6-19-14-15(17(24)16(14)23)20-11-2-4-18-5-3-11/h2-5,7-9,19,21-22H,1,6H2,(H,18,20). The summed E-state index contributed by atoms with van der Waals surface area (Å²) in [6.45, 7) is 0.374. The number of pyridine rings is 1. The highest BCUT2D eigenvalue weighted by molar-refractivity contribution is 5.78. The largest absolute Gasteiger partial charge is 0.508 e. The molecule has 0 saturated heterocycles. The van der Waals surface area contributed by atoms with Crippen LogP contribution in [0, 0.1) is 0 Å². The molecule has 3 aromatic rings. The van der Waals surface area contributed by atoms with Crippen LogP contribution in [0.25, 0.3) is 0 Å². The van der Waals surface area contributed by atoms with Gasteiger partial charge in [-0.25, -0.2) is 0 Å². The minimum atomic E-state index is -0.565. The van der Waals surface area contributed by atoms with E-state index in [2.05, 4.69) is 15.6 Å². The summed E-state index contributed by atoms with van der Waals surface area (Å²) in [7, 11) is 0. The van der Waals surface area contributed by atoms with E-state index in [0.717, 1.165) is 0 Å². The zero-order valence-corrected chi connectivity index (χ0v) is 12.6. The van der Waals surface area contributed by atoms with Gasteiger partial charge in [-0.15, -0.1) is 0 Å². The van der Waals surface area contributed by atoms with Gasteiger partial charge in [-0.2, -0.15) is 0 Å². The molecular weight excluding hydrogens is 310 g/mol. The smallest absolute Gasteiger partial charge is 0.253 e. The number of hydrogen-bond acceptors (Lipinski definition) is 7. The summed E-state index contributed by atoms with van der Waals surface area (Å²) in [4.78, 5) is 27.3. The first-order chi connectivity index (χ1) is 11.5. The lowest BCUT2D eigenvalue weighted by molar-refractivity contribution is 0.449. The molecule has 0 fully saturated rings. The van der Waals surface area contributed by atoms with Gasteiger partial charge in [-0.3, -0.25) is 14.6 Å². The van der Waals surface area contributed by atoms with E-state index in [-0.39, 0.29) is 22.9 Å². The molecule has 24 heavy (non-hydrogen) atoms. The lowest BCUT2D eigenvalue weighted by Gasteiger charge is -2.14. The molecule has 0 atom stereocenters. The highest BCUT2D eigenvalue weighted by Gasteiger charge is 2.20. The van der Waals surface area contributed by atoms with Crippen molar-refractivity contribution in [3.8, 4) is 11.5 Å². The maximum Gasteiger partial charge on any atom is 0.253 e. The molecule has 0 unspecified atom stereocenters. The van der Waals surface area contributed by atoms with E-state index in [1.807, 2.05) is 0 Å². The second kappa shape index (κ2) is 6.41. The highest BCUT2D eigenvalue weighted by atomic mass is 16.3. The summed E-state index contributed by atoms with van der Waals surface area (Å²) in [6.07, 6.45) is 3.63. The number of anilines is 3. The first-order valence-corrected chi connectivity index (χ1v) is 7.31. The van der Waals surface area contributed by atoms with E-state index >= 15 is 0 Å². The number of nitrogens with zero attached hydrogens (tertiary/aromatic N) is 1. The average molecular weight is 325 g/mol. The number of nitrogens with one attached hydrogen (secondary N) is 2. The summed E-state index contributed by atoms with van der Waals surface area (Å²) >= 11 is 0. The van der Waals surface area contributed by atoms with Crippen molar-refractivity contribution < 1.29 is 10.2 Å². The fraction of sp³-hybridized carbons (Fsp3) is 0.118. The van der Waals surface area contributed by atoms with Crippen LogP contribution in [0.4, 0.5) is 17.1 Å². The van der Waals surface area contributed by atoms with Crippen molar-refractivity contribution >= 4 is 17.1 Å². The minimum Gasteiger partial charge on any atom is -0.508 e. The van der Waals surface area contributed by atoms with E-state index in [1.54, 1.807) is 24.5 Å². The van der Waals surface area contributed by atoms with Crippen molar-refractivity contribution in [3.63, 3.8) is 0 Å². The lowest BCUT2D eigenvalue weighted by Crippen LogP contribution is -2.37. The number of hydrogen-bond donors (Lipinski definition) is 4. The third-order valence-electron chi connectivity index (χ3n) is 3.54. The number of rotatable bonds is 6. The van der Waals surface area contributed by atoms with E-state index in [1.165, 1.54) is 18.2 Å². The van der Waals surface area contributed by atoms with Gasteiger partial charge < -0.3 is 20.8 Å². The van der Waals surface area contributed by atoms with Crippen molar-refractivity contribution in [3.05, 3.63) is 68.7 Å². The van der Waals surface area contributed by atoms with Gasteiger partial charge in [0, 0.05) is 30.7 Å². The number of aromatic nitrogens is 1. The Hall–Kier alpha value is -3.35. The SMILES string of the molecule is O=c1c(NCCc2cc(O)cc(O)c2)c(Nc2ccncc2)c1=O. The normalized spacial score (nSPS) is 10.7. The molecule has 0 saturated carbocycles. The van der Waals surface area contributed by atoms with Crippen LogP contribution in [0.15, 0.2) is 52.3 Å². The number of phenols is 2. The van der Waals surface area contributed by atoms with Crippen LogP contribution in [-0.2, 0) is 6.42 Å². The Labute approximate surface area is 136 Å². The van der Waals surface area contributed by atoms with Gasteiger partial charge in [-0.05, 0) is 36.2 Å². The third-order valence-corrected chi connectivity index (χ3v) is 3.54. The van der Waals surface area contributed by atoms with Crippen molar-refractivity contribution in [1.29, 1.82) is 0 Å². The van der Waals surface area contributed by atoms with E-state index in [0.29, 0.717) is 24.2 Å². The molecule has 3 rings (SSSR count). The second-order valence-corrected chi connectivity index (χ2v) is 5.30. The first kappa shape index (κ1) is 15.5. The third kappa shape index (κ3) is 3.19. The van der Waals surface area contributed by atoms with Crippen LogP contribution in [0.5, 0.6) is 11.5 Å². The molecule has 0 amide bonds. The Bertz CT molecular complexity index is 911. The maximum atomic E-state index is 11.7. The molecule has 4 N–H and O–H groups in total. The van der Waals surface area contributed by atoms with Gasteiger partial charge in [0.05, 0.1) is 0 Å². The summed E-state index contributed by atoms with van der Waals surface area (Å²) in [5, 5.41) is 24.7. The van der Waals surface area contributed by atoms with Crippen LogP contribution >= 0.6 is 0 Å². The predicted molar refractivity (Wildman–Crippen MR) is 90.8 cm³/mol. The van der Waals surface area contributed by atoms with Gasteiger partial charge in [0.25, 0.3) is 10.9 Å². The van der Waals surface area contributed by atoms with E-state index in [4.69, 9.17) is 0 Å². The topological polar surface area (TPSA) is 112 Å². The first-order valence-electron chi connectivity index (χ1n) is 7.31. The zero-order chi connectivity index (χ0) is 17.1. The summed E-state index contributed by atoms with van der Waals surface area (Å²) in [5.41, 5.74) is 0.709. The van der Waals surface area contributed by atoms with Crippen LogP contribution < -0.4 is 21.5 Å². The van der Waals surface area contributed by atoms with Crippen LogP contribution in [0.1, 0.15) is 5.56 Å². The van der Waals surface area contributed by atoms with Crippen molar-refractivity contribution in [1.82, 2.24) is 4.98 Å². The van der Waals surface area contributed by atoms with Crippen molar-refractivity contribution in [2.45, 2.75) is 6.42 Å². The predicted octanol–water partition coefficient (Wildman–Crippen LogP) is 1.49. The quantitative estimate of drug-likeness (QED) is 0.508. The molecule has 0 bridgehead atoms. The maximum absolute atomic E-state index is 11.7. The molecule has 0 aliphatic carbocycles. The fourth-order valence-corrected chi connectivity index (χ4v) is 2.39. The molecular formula is C17H15N3O4. The molecule has 7 nitrogen and oxygen atoms in total. The van der Waals surface area contributed by atoms with Crippen molar-refractivity contribution in [2.24, 2.45) is 0 Å². The Balaban J connectivity index is 1.67. The molecule has 0 spiro atoms. The van der Waals surface area contributed by atoms with Gasteiger partial charge >= 0.3 is 0 Å². The van der Waals surface area contributed by atoms with Gasteiger partial charge in [0.15, 0.2) is 0 Å². The Morgan fingerprint density at radius 1 is 0.917 bits per heavy atom. The molecule has 1 aromatic heterocycles. The minimum absolute atomic E-state index is 0.0286.